The molecule has 0 aliphatic carbocycles. The lowest BCUT2D eigenvalue weighted by Gasteiger charge is -2.35. The number of aromatic amines is 1. The van der Waals surface area contributed by atoms with E-state index < -0.39 is 30.3 Å². The SMILES string of the molecule is O=C(O)C(F)(F)F.O=C(O)C(F)(F)F.O=C(O)c1ccc2[nH]c3c(c2c1)CCNC31CCN(CCOc2ccccc2)C1. The van der Waals surface area contributed by atoms with E-state index >= 15 is 0 Å². The van der Waals surface area contributed by atoms with Crippen molar-refractivity contribution in [2.75, 3.05) is 32.8 Å². The average molecular weight is 620 g/mol. The lowest BCUT2D eigenvalue weighted by Crippen LogP contribution is -2.49. The van der Waals surface area contributed by atoms with Gasteiger partial charge in [-0.1, -0.05) is 18.2 Å². The number of halogens is 6. The summed E-state index contributed by atoms with van der Waals surface area (Å²) in [5.41, 5.74) is 3.77. The largest absolute Gasteiger partial charge is 0.492 e. The summed E-state index contributed by atoms with van der Waals surface area (Å²) in [5, 5.41) is 28.4. The van der Waals surface area contributed by atoms with Crippen molar-refractivity contribution in [3.8, 4) is 5.75 Å². The zero-order valence-electron chi connectivity index (χ0n) is 22.3. The molecule has 1 spiro atoms. The molecule has 5 rings (SSSR count). The fourth-order valence-corrected chi connectivity index (χ4v) is 4.80. The normalized spacial score (nSPS) is 18.2. The van der Waals surface area contributed by atoms with Gasteiger partial charge in [0.05, 0.1) is 11.1 Å². The van der Waals surface area contributed by atoms with Gasteiger partial charge in [-0.05, 0) is 48.7 Å². The fraction of sp³-hybridized carbons (Fsp3) is 0.370. The van der Waals surface area contributed by atoms with Gasteiger partial charge >= 0.3 is 30.3 Å². The minimum Gasteiger partial charge on any atom is -0.492 e. The number of hydrogen-bond donors (Lipinski definition) is 5. The maximum atomic E-state index is 11.4. The molecule has 1 fully saturated rings. The van der Waals surface area contributed by atoms with E-state index in [9.17, 15) is 36.2 Å². The van der Waals surface area contributed by atoms with E-state index in [0.29, 0.717) is 12.2 Å². The molecule has 3 heterocycles. The summed E-state index contributed by atoms with van der Waals surface area (Å²) in [6.07, 6.45) is -8.22. The third-order valence-corrected chi connectivity index (χ3v) is 6.72. The molecule has 0 bridgehead atoms. The third-order valence-electron chi connectivity index (χ3n) is 6.72. The Kier molecular flexibility index (Phi) is 10.3. The fourth-order valence-electron chi connectivity index (χ4n) is 4.80. The summed E-state index contributed by atoms with van der Waals surface area (Å²) in [6.45, 7) is 4.40. The van der Waals surface area contributed by atoms with Crippen LogP contribution >= 0.6 is 0 Å². The highest BCUT2D eigenvalue weighted by atomic mass is 19.4. The van der Waals surface area contributed by atoms with Crippen molar-refractivity contribution in [2.45, 2.75) is 30.7 Å². The number of para-hydroxylation sites is 1. The van der Waals surface area contributed by atoms with Gasteiger partial charge in [-0.15, -0.1) is 0 Å². The highest BCUT2D eigenvalue weighted by molar-refractivity contribution is 5.95. The van der Waals surface area contributed by atoms with Gasteiger partial charge in [0.25, 0.3) is 0 Å². The summed E-state index contributed by atoms with van der Waals surface area (Å²) in [7, 11) is 0. The molecule has 234 valence electrons. The molecule has 3 aromatic rings. The van der Waals surface area contributed by atoms with Crippen molar-refractivity contribution in [1.29, 1.82) is 0 Å². The molecule has 2 aliphatic rings. The standard InChI is InChI=1S/C23H25N3O3.2C2HF3O2/c27-22(28)16-6-7-20-19(14-16)18-8-10-24-23(21(18)25-20)9-11-26(15-23)12-13-29-17-4-2-1-3-5-17;2*3-2(4,5)1(6)7/h1-7,14,24-25H,8-13,15H2,(H,27,28);2*(H,6,7). The van der Waals surface area contributed by atoms with Crippen molar-refractivity contribution in [1.82, 2.24) is 15.2 Å². The van der Waals surface area contributed by atoms with Crippen LogP contribution in [0.2, 0.25) is 0 Å². The number of benzene rings is 2. The summed E-state index contributed by atoms with van der Waals surface area (Å²) in [4.78, 5) is 35.2. The molecule has 1 atom stereocenters. The zero-order chi connectivity index (χ0) is 32.0. The number of carboxylic acids is 3. The third kappa shape index (κ3) is 8.61. The van der Waals surface area contributed by atoms with Gasteiger partial charge in [0.1, 0.15) is 12.4 Å². The molecular weight excluding hydrogens is 592 g/mol. The molecule has 0 saturated carbocycles. The van der Waals surface area contributed by atoms with Gasteiger partial charge in [0, 0.05) is 42.8 Å². The van der Waals surface area contributed by atoms with Crippen LogP contribution in [0, 0.1) is 0 Å². The monoisotopic (exact) mass is 619 g/mol. The topological polar surface area (TPSA) is 152 Å². The van der Waals surface area contributed by atoms with E-state index in [1.165, 1.54) is 11.3 Å². The molecule has 2 aromatic carbocycles. The van der Waals surface area contributed by atoms with Crippen LogP contribution in [-0.4, -0.2) is 88.2 Å². The molecule has 5 N–H and O–H groups in total. The van der Waals surface area contributed by atoms with Crippen molar-refractivity contribution in [3.05, 3.63) is 65.4 Å². The lowest BCUT2D eigenvalue weighted by molar-refractivity contribution is -0.193. The number of rotatable bonds is 5. The van der Waals surface area contributed by atoms with Gasteiger partial charge in [0.15, 0.2) is 0 Å². The first-order valence-corrected chi connectivity index (χ1v) is 12.7. The minimum atomic E-state index is -5.08. The number of likely N-dealkylation sites (tertiary alicyclic amines) is 1. The van der Waals surface area contributed by atoms with Gasteiger partial charge in [-0.3, -0.25) is 4.90 Å². The van der Waals surface area contributed by atoms with Gasteiger partial charge in [-0.25, -0.2) is 14.4 Å². The summed E-state index contributed by atoms with van der Waals surface area (Å²) in [5.74, 6) is -5.49. The molecular formula is C27H27F6N3O7. The first-order valence-electron chi connectivity index (χ1n) is 12.7. The number of aliphatic carboxylic acids is 2. The Morgan fingerprint density at radius 3 is 2.09 bits per heavy atom. The Morgan fingerprint density at radius 2 is 1.53 bits per heavy atom. The van der Waals surface area contributed by atoms with Gasteiger partial charge < -0.3 is 30.4 Å². The first kappa shape index (κ1) is 33.2. The number of fused-ring (bicyclic) bond motifs is 4. The van der Waals surface area contributed by atoms with Crippen LogP contribution < -0.4 is 10.1 Å². The number of carboxylic acid groups (broad SMARTS) is 3. The molecule has 43 heavy (non-hydrogen) atoms. The van der Waals surface area contributed by atoms with Crippen molar-refractivity contribution in [2.24, 2.45) is 0 Å². The van der Waals surface area contributed by atoms with Crippen LogP contribution in [0.1, 0.15) is 28.0 Å². The van der Waals surface area contributed by atoms with Crippen LogP contribution in [0.15, 0.2) is 48.5 Å². The number of aromatic nitrogens is 1. The summed E-state index contributed by atoms with van der Waals surface area (Å²) >= 11 is 0. The number of H-pyrrole nitrogens is 1. The molecule has 1 unspecified atom stereocenters. The lowest BCUT2D eigenvalue weighted by atomic mass is 9.86. The maximum absolute atomic E-state index is 11.4. The molecule has 1 aromatic heterocycles. The number of alkyl halides is 6. The second-order valence-corrected chi connectivity index (χ2v) is 9.60. The van der Waals surface area contributed by atoms with Gasteiger partial charge in [0.2, 0.25) is 0 Å². The Labute approximate surface area is 239 Å². The Balaban J connectivity index is 0.000000303. The van der Waals surface area contributed by atoms with Crippen LogP contribution in [0.3, 0.4) is 0 Å². The molecule has 2 aliphatic heterocycles. The van der Waals surface area contributed by atoms with E-state index in [4.69, 9.17) is 24.5 Å². The molecule has 0 amide bonds. The predicted octanol–water partition coefficient (Wildman–Crippen LogP) is 4.26. The average Bonchev–Trinajstić information content (AvgIpc) is 3.51. The van der Waals surface area contributed by atoms with E-state index in [2.05, 4.69) is 15.2 Å². The summed E-state index contributed by atoms with van der Waals surface area (Å²) < 4.78 is 69.3. The van der Waals surface area contributed by atoms with Crippen LogP contribution in [-0.2, 0) is 21.5 Å². The van der Waals surface area contributed by atoms with E-state index in [1.807, 2.05) is 42.5 Å². The van der Waals surface area contributed by atoms with Crippen molar-refractivity contribution >= 4 is 28.8 Å². The number of ether oxygens (including phenoxy) is 1. The van der Waals surface area contributed by atoms with E-state index in [1.54, 1.807) is 6.07 Å². The Hall–Kier alpha value is -4.31. The van der Waals surface area contributed by atoms with Crippen LogP contribution in [0.4, 0.5) is 26.3 Å². The van der Waals surface area contributed by atoms with Crippen molar-refractivity contribution < 1.29 is 60.8 Å². The number of hydrogen-bond acceptors (Lipinski definition) is 6. The second-order valence-electron chi connectivity index (χ2n) is 9.60. The van der Waals surface area contributed by atoms with Crippen LogP contribution in [0.25, 0.3) is 10.9 Å². The summed E-state index contributed by atoms with van der Waals surface area (Å²) in [6, 6.07) is 15.3. The van der Waals surface area contributed by atoms with Crippen molar-refractivity contribution in [3.63, 3.8) is 0 Å². The highest BCUT2D eigenvalue weighted by Crippen LogP contribution is 2.39. The molecule has 1 saturated heterocycles. The predicted molar refractivity (Wildman–Crippen MR) is 139 cm³/mol. The molecule has 10 nitrogen and oxygen atoms in total. The number of aromatic carboxylic acids is 1. The number of nitrogens with one attached hydrogen (secondary N) is 2. The zero-order valence-corrected chi connectivity index (χ0v) is 22.3. The van der Waals surface area contributed by atoms with E-state index in [0.717, 1.165) is 55.7 Å². The second kappa shape index (κ2) is 13.3. The maximum Gasteiger partial charge on any atom is 0.490 e. The number of carbonyl (C=O) groups is 3. The molecule has 16 heteroatoms. The minimum absolute atomic E-state index is 0.0945. The molecule has 0 radical (unpaired) electrons. The Morgan fingerprint density at radius 1 is 0.930 bits per heavy atom. The van der Waals surface area contributed by atoms with Gasteiger partial charge in [-0.2, -0.15) is 26.3 Å². The van der Waals surface area contributed by atoms with E-state index in [-0.39, 0.29) is 5.54 Å². The Bertz CT molecular complexity index is 1420. The smallest absolute Gasteiger partial charge is 0.490 e. The number of nitrogens with zero attached hydrogens (tertiary/aromatic N) is 1. The quantitative estimate of drug-likeness (QED) is 0.264. The van der Waals surface area contributed by atoms with Crippen LogP contribution in [0.5, 0.6) is 5.75 Å². The highest BCUT2D eigenvalue weighted by Gasteiger charge is 2.44. The first-order chi connectivity index (χ1) is 20.0.